The second kappa shape index (κ2) is 9.25. The molecule has 0 amide bonds. The lowest BCUT2D eigenvalue weighted by Gasteiger charge is -2.22. The van der Waals surface area contributed by atoms with Crippen molar-refractivity contribution in [2.45, 2.75) is 42.9 Å². The lowest BCUT2D eigenvalue weighted by atomic mass is 9.87. The van der Waals surface area contributed by atoms with Gasteiger partial charge in [0.2, 0.25) is 10.0 Å². The first-order valence-electron chi connectivity index (χ1n) is 11.6. The molecule has 0 unspecified atom stereocenters. The van der Waals surface area contributed by atoms with Crippen molar-refractivity contribution in [2.75, 3.05) is 19.4 Å². The molecule has 1 aromatic carbocycles. The number of nitrogens with one attached hydrogen (secondary N) is 1. The van der Waals surface area contributed by atoms with Crippen LogP contribution in [0.2, 0.25) is 5.02 Å². The first kappa shape index (κ1) is 23.8. The highest BCUT2D eigenvalue weighted by molar-refractivity contribution is 7.89. The Labute approximate surface area is 209 Å². The van der Waals surface area contributed by atoms with Crippen LogP contribution in [0.15, 0.2) is 47.8 Å². The normalized spacial score (nSPS) is 15.2. The molecule has 1 N–H and O–H groups in total. The van der Waals surface area contributed by atoms with Gasteiger partial charge in [0, 0.05) is 61.8 Å². The Morgan fingerprint density at radius 2 is 1.86 bits per heavy atom. The quantitative estimate of drug-likeness (QED) is 0.397. The Morgan fingerprint density at radius 3 is 2.54 bits per heavy atom. The van der Waals surface area contributed by atoms with Crippen LogP contribution in [-0.4, -0.2) is 51.2 Å². The Balaban J connectivity index is 1.62. The summed E-state index contributed by atoms with van der Waals surface area (Å²) in [6.07, 6.45) is 11.4. The van der Waals surface area contributed by atoms with Gasteiger partial charge in [0.25, 0.3) is 0 Å². The van der Waals surface area contributed by atoms with Gasteiger partial charge in [-0.2, -0.15) is 14.7 Å². The predicted molar refractivity (Wildman–Crippen MR) is 137 cm³/mol. The summed E-state index contributed by atoms with van der Waals surface area (Å²) in [4.78, 5) is 5.09. The van der Waals surface area contributed by atoms with E-state index in [0.717, 1.165) is 39.6 Å². The third-order valence-electron chi connectivity index (χ3n) is 6.49. The first-order valence-corrected chi connectivity index (χ1v) is 13.4. The number of anilines is 2. The van der Waals surface area contributed by atoms with Crippen LogP contribution in [0.5, 0.6) is 0 Å². The number of hydrogen-bond donors (Lipinski definition) is 1. The van der Waals surface area contributed by atoms with Gasteiger partial charge in [-0.25, -0.2) is 17.7 Å². The van der Waals surface area contributed by atoms with E-state index in [2.05, 4.69) is 15.5 Å². The van der Waals surface area contributed by atoms with Crippen LogP contribution >= 0.6 is 11.6 Å². The van der Waals surface area contributed by atoms with Gasteiger partial charge in [-0.15, -0.1) is 0 Å². The number of sulfonamides is 1. The number of halogens is 1. The van der Waals surface area contributed by atoms with E-state index >= 15 is 0 Å². The van der Waals surface area contributed by atoms with Crippen molar-refractivity contribution in [1.29, 1.82) is 0 Å². The van der Waals surface area contributed by atoms with Gasteiger partial charge in [0.15, 0.2) is 5.65 Å². The average molecular weight is 514 g/mol. The molecule has 1 aliphatic carbocycles. The minimum Gasteiger partial charge on any atom is -0.340 e. The number of rotatable bonds is 6. The predicted octanol–water partition coefficient (Wildman–Crippen LogP) is 4.82. The van der Waals surface area contributed by atoms with Crippen molar-refractivity contribution in [1.82, 2.24) is 28.7 Å². The molecule has 35 heavy (non-hydrogen) atoms. The van der Waals surface area contributed by atoms with E-state index in [4.69, 9.17) is 16.6 Å². The second-order valence-corrected chi connectivity index (χ2v) is 11.7. The molecular formula is C24H28ClN7O2S. The van der Waals surface area contributed by atoms with E-state index in [1.54, 1.807) is 39.8 Å². The largest absolute Gasteiger partial charge is 0.340 e. The van der Waals surface area contributed by atoms with Gasteiger partial charge in [-0.3, -0.25) is 4.68 Å². The van der Waals surface area contributed by atoms with E-state index in [1.807, 2.05) is 19.3 Å². The summed E-state index contributed by atoms with van der Waals surface area (Å²) in [5.74, 6) is 1.09. The molecule has 1 saturated carbocycles. The number of aryl methyl sites for hydroxylation is 1. The number of benzene rings is 1. The average Bonchev–Trinajstić information content (AvgIpc) is 3.46. The molecule has 3 aromatic heterocycles. The molecule has 3 heterocycles. The van der Waals surface area contributed by atoms with Crippen molar-refractivity contribution in [3.05, 3.63) is 53.6 Å². The molecule has 0 spiro atoms. The van der Waals surface area contributed by atoms with Gasteiger partial charge < -0.3 is 5.32 Å². The number of hydrogen-bond acceptors (Lipinski definition) is 6. The van der Waals surface area contributed by atoms with Crippen molar-refractivity contribution in [3.63, 3.8) is 0 Å². The Kier molecular flexibility index (Phi) is 6.29. The lowest BCUT2D eigenvalue weighted by Crippen LogP contribution is -2.22. The summed E-state index contributed by atoms with van der Waals surface area (Å²) >= 11 is 6.25. The zero-order chi connectivity index (χ0) is 24.7. The summed E-state index contributed by atoms with van der Waals surface area (Å²) in [5.41, 5.74) is 4.17. The second-order valence-electron chi connectivity index (χ2n) is 9.16. The molecule has 0 bridgehead atoms. The van der Waals surface area contributed by atoms with Crippen LogP contribution in [0.25, 0.3) is 16.8 Å². The van der Waals surface area contributed by atoms with Crippen LogP contribution in [-0.2, 0) is 17.1 Å². The molecule has 9 nitrogen and oxygen atoms in total. The van der Waals surface area contributed by atoms with Crippen LogP contribution < -0.4 is 5.32 Å². The molecule has 0 atom stereocenters. The van der Waals surface area contributed by atoms with Gasteiger partial charge in [-0.05, 0) is 31.0 Å². The highest BCUT2D eigenvalue weighted by Crippen LogP contribution is 2.36. The van der Waals surface area contributed by atoms with Crippen molar-refractivity contribution in [2.24, 2.45) is 7.05 Å². The van der Waals surface area contributed by atoms with Gasteiger partial charge in [0.05, 0.1) is 17.4 Å². The number of nitrogens with zero attached hydrogens (tertiary/aromatic N) is 6. The molecule has 4 aromatic rings. The Hall–Kier alpha value is -2.95. The minimum absolute atomic E-state index is 0.0449. The zero-order valence-electron chi connectivity index (χ0n) is 19.9. The fourth-order valence-electron chi connectivity index (χ4n) is 4.57. The van der Waals surface area contributed by atoms with Gasteiger partial charge >= 0.3 is 0 Å². The third kappa shape index (κ3) is 4.53. The van der Waals surface area contributed by atoms with Crippen LogP contribution in [0.4, 0.5) is 11.5 Å². The van der Waals surface area contributed by atoms with Crippen molar-refractivity contribution >= 4 is 38.8 Å². The SMILES string of the molecule is CN(C)S(=O)(=O)c1cc(Nc2cc(C3CCCCC3)nc3c(-c4cnn(C)c4)cnn23)ccc1Cl. The summed E-state index contributed by atoms with van der Waals surface area (Å²) < 4.78 is 30.2. The standard InChI is InChI=1S/C24H28ClN7O2S/c1-30(2)35(33,34)22-11-18(9-10-20(22)25)28-23-12-21(16-7-5-4-6-8-16)29-24-19(14-27-32(23)24)17-13-26-31(3)15-17/h9-16,28H,4-8H2,1-3H3. The van der Waals surface area contributed by atoms with Gasteiger partial charge in [0.1, 0.15) is 10.7 Å². The molecular weight excluding hydrogens is 486 g/mol. The molecule has 11 heteroatoms. The number of fused-ring (bicyclic) bond motifs is 1. The fraction of sp³-hybridized carbons (Fsp3) is 0.375. The zero-order valence-corrected chi connectivity index (χ0v) is 21.5. The molecule has 1 fully saturated rings. The molecule has 184 valence electrons. The maximum Gasteiger partial charge on any atom is 0.244 e. The van der Waals surface area contributed by atoms with Crippen LogP contribution in [0.3, 0.4) is 0 Å². The van der Waals surface area contributed by atoms with E-state index in [1.165, 1.54) is 33.4 Å². The van der Waals surface area contributed by atoms with E-state index in [-0.39, 0.29) is 9.92 Å². The monoisotopic (exact) mass is 513 g/mol. The number of aromatic nitrogens is 5. The Morgan fingerprint density at radius 1 is 1.09 bits per heavy atom. The fourth-order valence-corrected chi connectivity index (χ4v) is 5.96. The molecule has 0 saturated heterocycles. The van der Waals surface area contributed by atoms with Crippen LogP contribution in [0, 0.1) is 0 Å². The maximum absolute atomic E-state index is 12.8. The van der Waals surface area contributed by atoms with Crippen molar-refractivity contribution in [3.8, 4) is 11.1 Å². The van der Waals surface area contributed by atoms with E-state index in [0.29, 0.717) is 17.4 Å². The van der Waals surface area contributed by atoms with Gasteiger partial charge in [-0.1, -0.05) is 30.9 Å². The molecule has 1 aliphatic rings. The lowest BCUT2D eigenvalue weighted by molar-refractivity contribution is 0.437. The topological polar surface area (TPSA) is 97.4 Å². The molecule has 5 rings (SSSR count). The first-order chi connectivity index (χ1) is 16.7. The van der Waals surface area contributed by atoms with E-state index < -0.39 is 10.0 Å². The molecule has 0 radical (unpaired) electrons. The maximum atomic E-state index is 12.8. The van der Waals surface area contributed by atoms with E-state index in [9.17, 15) is 8.42 Å². The summed E-state index contributed by atoms with van der Waals surface area (Å²) in [5, 5.41) is 12.4. The highest BCUT2D eigenvalue weighted by atomic mass is 35.5. The van der Waals surface area contributed by atoms with Crippen molar-refractivity contribution < 1.29 is 8.42 Å². The highest BCUT2D eigenvalue weighted by Gasteiger charge is 2.23. The minimum atomic E-state index is -3.70. The third-order valence-corrected chi connectivity index (χ3v) is 8.79. The molecule has 0 aliphatic heterocycles. The summed E-state index contributed by atoms with van der Waals surface area (Å²) in [6, 6.07) is 6.92. The summed E-state index contributed by atoms with van der Waals surface area (Å²) in [7, 11) is 1.14. The smallest absolute Gasteiger partial charge is 0.244 e. The van der Waals surface area contributed by atoms with Crippen LogP contribution in [0.1, 0.15) is 43.7 Å². The Bertz CT molecular complexity index is 1490. The summed E-state index contributed by atoms with van der Waals surface area (Å²) in [6.45, 7) is 0.